The number of benzene rings is 1. The number of aromatic nitrogens is 1. The van der Waals surface area contributed by atoms with Gasteiger partial charge in [0.05, 0.1) is 10.4 Å². The fraction of sp³-hybridized carbons (Fsp3) is 0.438. The molecule has 2 aromatic rings. The molecule has 0 radical (unpaired) electrons. The molecule has 1 fully saturated rings. The molecule has 24 heavy (non-hydrogen) atoms. The van der Waals surface area contributed by atoms with Crippen LogP contribution < -0.4 is 0 Å². The van der Waals surface area contributed by atoms with E-state index in [1.54, 1.807) is 35.9 Å². The zero-order valence-corrected chi connectivity index (χ0v) is 15.7. The summed E-state index contributed by atoms with van der Waals surface area (Å²) in [6.45, 7) is 2.70. The lowest BCUT2D eigenvalue weighted by Gasteiger charge is -2.25. The third-order valence-corrected chi connectivity index (χ3v) is 7.01. The molecule has 3 rings (SSSR count). The van der Waals surface area contributed by atoms with Gasteiger partial charge in [-0.15, -0.1) is 0 Å². The quantitative estimate of drug-likeness (QED) is 0.832. The van der Waals surface area contributed by atoms with E-state index in [0.717, 1.165) is 19.3 Å². The number of hydrogen-bond donors (Lipinski definition) is 1. The SMILES string of the molecule is CC(C(=O)O)n1cc(Br)c2cc(S(=O)(=O)N3CCCCC3)ccc21. The van der Waals surface area contributed by atoms with Gasteiger partial charge >= 0.3 is 5.97 Å². The minimum Gasteiger partial charge on any atom is -0.480 e. The van der Waals surface area contributed by atoms with Gasteiger partial charge in [0, 0.05) is 29.1 Å². The van der Waals surface area contributed by atoms with Crippen LogP contribution in [0.1, 0.15) is 32.2 Å². The van der Waals surface area contributed by atoms with Crippen LogP contribution in [0.25, 0.3) is 10.9 Å². The van der Waals surface area contributed by atoms with Crippen LogP contribution in [0.15, 0.2) is 33.8 Å². The van der Waals surface area contributed by atoms with Crippen molar-refractivity contribution < 1.29 is 18.3 Å². The Hall–Kier alpha value is -1.38. The van der Waals surface area contributed by atoms with E-state index in [1.165, 1.54) is 4.31 Å². The standard InChI is InChI=1S/C16H19BrN2O4S/c1-11(16(20)21)19-10-14(17)13-9-12(5-6-15(13)19)24(22,23)18-7-3-2-4-8-18/h5-6,9-11H,2-4,7-8H2,1H3,(H,20,21). The molecule has 0 saturated carbocycles. The highest BCUT2D eigenvalue weighted by atomic mass is 79.9. The second-order valence-electron chi connectivity index (χ2n) is 6.04. The maximum Gasteiger partial charge on any atom is 0.326 e. The summed E-state index contributed by atoms with van der Waals surface area (Å²) in [6.07, 6.45) is 4.52. The zero-order valence-electron chi connectivity index (χ0n) is 13.3. The van der Waals surface area contributed by atoms with Crippen LogP contribution in [0.4, 0.5) is 0 Å². The zero-order chi connectivity index (χ0) is 17.5. The number of halogens is 1. The van der Waals surface area contributed by atoms with Crippen LogP contribution in [-0.4, -0.2) is 41.5 Å². The summed E-state index contributed by atoms with van der Waals surface area (Å²) < 4.78 is 29.4. The Morgan fingerprint density at radius 2 is 1.92 bits per heavy atom. The van der Waals surface area contributed by atoms with Crippen molar-refractivity contribution in [2.75, 3.05) is 13.1 Å². The highest BCUT2D eigenvalue weighted by Crippen LogP contribution is 2.32. The van der Waals surface area contributed by atoms with Crippen LogP contribution in [0.2, 0.25) is 0 Å². The normalized spacial score (nSPS) is 17.9. The van der Waals surface area contributed by atoms with Gasteiger partial charge in [-0.05, 0) is 53.9 Å². The summed E-state index contributed by atoms with van der Waals surface area (Å²) in [5.74, 6) is -0.940. The Bertz CT molecular complexity index is 885. The Balaban J connectivity index is 2.06. The maximum absolute atomic E-state index is 12.8. The summed E-state index contributed by atoms with van der Waals surface area (Å²) >= 11 is 3.41. The molecule has 0 amide bonds. The number of carbonyl (C=O) groups is 1. The van der Waals surface area contributed by atoms with E-state index in [1.807, 2.05) is 0 Å². The van der Waals surface area contributed by atoms with Gasteiger partial charge in [0.2, 0.25) is 10.0 Å². The summed E-state index contributed by atoms with van der Waals surface area (Å²) in [5.41, 5.74) is 0.689. The molecule has 1 aliphatic heterocycles. The molecule has 1 aromatic heterocycles. The van der Waals surface area contributed by atoms with Crippen molar-refractivity contribution in [3.63, 3.8) is 0 Å². The second kappa shape index (κ2) is 6.50. The maximum atomic E-state index is 12.8. The molecule has 0 spiro atoms. The molecule has 1 atom stereocenters. The Morgan fingerprint density at radius 3 is 2.54 bits per heavy atom. The first kappa shape index (κ1) is 17.4. The van der Waals surface area contributed by atoms with E-state index >= 15 is 0 Å². The van der Waals surface area contributed by atoms with Crippen LogP contribution >= 0.6 is 15.9 Å². The number of aliphatic carboxylic acids is 1. The highest BCUT2D eigenvalue weighted by molar-refractivity contribution is 9.10. The molecule has 8 heteroatoms. The largest absolute Gasteiger partial charge is 0.480 e. The molecular formula is C16H19BrN2O4S. The van der Waals surface area contributed by atoms with Gasteiger partial charge in [0.25, 0.3) is 0 Å². The van der Waals surface area contributed by atoms with Crippen molar-refractivity contribution in [2.24, 2.45) is 0 Å². The van der Waals surface area contributed by atoms with Crippen molar-refractivity contribution in [3.05, 3.63) is 28.9 Å². The van der Waals surface area contributed by atoms with Gasteiger partial charge in [-0.25, -0.2) is 13.2 Å². The number of hydrogen-bond acceptors (Lipinski definition) is 3. The lowest BCUT2D eigenvalue weighted by molar-refractivity contribution is -0.140. The van der Waals surface area contributed by atoms with Crippen LogP contribution in [-0.2, 0) is 14.8 Å². The average Bonchev–Trinajstić information content (AvgIpc) is 2.91. The van der Waals surface area contributed by atoms with E-state index in [4.69, 9.17) is 0 Å². The topological polar surface area (TPSA) is 79.6 Å². The minimum absolute atomic E-state index is 0.248. The minimum atomic E-state index is -3.51. The lowest BCUT2D eigenvalue weighted by Crippen LogP contribution is -2.35. The fourth-order valence-corrected chi connectivity index (χ4v) is 5.13. The van der Waals surface area contributed by atoms with Crippen LogP contribution in [0, 0.1) is 0 Å². The third kappa shape index (κ3) is 2.98. The van der Waals surface area contributed by atoms with Crippen molar-refractivity contribution in [3.8, 4) is 0 Å². The molecule has 1 aliphatic rings. The molecule has 2 heterocycles. The molecule has 0 aliphatic carbocycles. The van der Waals surface area contributed by atoms with E-state index in [2.05, 4.69) is 15.9 Å². The Morgan fingerprint density at radius 1 is 1.25 bits per heavy atom. The molecule has 1 saturated heterocycles. The van der Waals surface area contributed by atoms with Crippen molar-refractivity contribution in [2.45, 2.75) is 37.1 Å². The van der Waals surface area contributed by atoms with E-state index in [0.29, 0.717) is 28.5 Å². The summed E-state index contributed by atoms with van der Waals surface area (Å²) in [6, 6.07) is 4.12. The third-order valence-electron chi connectivity index (χ3n) is 4.48. The smallest absolute Gasteiger partial charge is 0.326 e. The average molecular weight is 415 g/mol. The molecule has 6 nitrogen and oxygen atoms in total. The van der Waals surface area contributed by atoms with Crippen molar-refractivity contribution in [1.82, 2.24) is 8.87 Å². The van der Waals surface area contributed by atoms with Crippen LogP contribution in [0.3, 0.4) is 0 Å². The number of sulfonamides is 1. The number of carboxylic acid groups (broad SMARTS) is 1. The first-order valence-corrected chi connectivity index (χ1v) is 10.1. The summed E-state index contributed by atoms with van der Waals surface area (Å²) in [4.78, 5) is 11.5. The Kier molecular flexibility index (Phi) is 4.72. The predicted octanol–water partition coefficient (Wildman–Crippen LogP) is 3.22. The second-order valence-corrected chi connectivity index (χ2v) is 8.83. The van der Waals surface area contributed by atoms with Gasteiger partial charge in [-0.1, -0.05) is 6.42 Å². The van der Waals surface area contributed by atoms with E-state index in [9.17, 15) is 18.3 Å². The molecule has 1 aromatic carbocycles. The molecule has 0 bridgehead atoms. The number of carboxylic acids is 1. The molecule has 130 valence electrons. The van der Waals surface area contributed by atoms with Crippen molar-refractivity contribution >= 4 is 42.8 Å². The first-order valence-electron chi connectivity index (χ1n) is 7.85. The number of nitrogens with zero attached hydrogens (tertiary/aromatic N) is 2. The molecule has 1 unspecified atom stereocenters. The molecule has 1 N–H and O–H groups in total. The first-order chi connectivity index (χ1) is 11.3. The van der Waals surface area contributed by atoms with Gasteiger partial charge in [0.1, 0.15) is 6.04 Å². The van der Waals surface area contributed by atoms with Gasteiger partial charge < -0.3 is 9.67 Å². The van der Waals surface area contributed by atoms with E-state index < -0.39 is 22.0 Å². The number of piperidine rings is 1. The van der Waals surface area contributed by atoms with E-state index in [-0.39, 0.29) is 4.90 Å². The highest BCUT2D eigenvalue weighted by Gasteiger charge is 2.27. The summed E-state index contributed by atoms with van der Waals surface area (Å²) in [5, 5.41) is 9.92. The number of rotatable bonds is 4. The van der Waals surface area contributed by atoms with Gasteiger partial charge in [0.15, 0.2) is 0 Å². The predicted molar refractivity (Wildman–Crippen MR) is 94.6 cm³/mol. The van der Waals surface area contributed by atoms with Crippen molar-refractivity contribution in [1.29, 1.82) is 0 Å². The molecular weight excluding hydrogens is 396 g/mol. The summed E-state index contributed by atoms with van der Waals surface area (Å²) in [7, 11) is -3.51. The van der Waals surface area contributed by atoms with Gasteiger partial charge in [-0.2, -0.15) is 4.31 Å². The Labute approximate surface area is 149 Å². The number of fused-ring (bicyclic) bond motifs is 1. The monoisotopic (exact) mass is 414 g/mol. The van der Waals surface area contributed by atoms with Crippen LogP contribution in [0.5, 0.6) is 0 Å². The fourth-order valence-electron chi connectivity index (χ4n) is 3.05. The lowest BCUT2D eigenvalue weighted by atomic mass is 10.2. The van der Waals surface area contributed by atoms with Gasteiger partial charge in [-0.3, -0.25) is 0 Å².